The quantitative estimate of drug-likeness (QED) is 0.354. The zero-order valence-electron chi connectivity index (χ0n) is 16.6. The Kier molecular flexibility index (Phi) is 4.63. The van der Waals surface area contributed by atoms with Crippen LogP contribution in [-0.4, -0.2) is 45.6 Å². The van der Waals surface area contributed by atoms with Crippen LogP contribution in [0.25, 0.3) is 15.9 Å². The summed E-state index contributed by atoms with van der Waals surface area (Å²) in [5, 5.41) is 5.45. The Morgan fingerprint density at radius 1 is 1.00 bits per heavy atom. The molecule has 0 radical (unpaired) electrons. The number of aromatic nitrogens is 2. The average molecular weight is 431 g/mol. The number of aryl methyl sites for hydroxylation is 1. The molecule has 0 saturated heterocycles. The maximum absolute atomic E-state index is 12.6. The van der Waals surface area contributed by atoms with Crippen LogP contribution in [0.5, 0.6) is 0 Å². The van der Waals surface area contributed by atoms with E-state index in [0.29, 0.717) is 16.0 Å². The van der Waals surface area contributed by atoms with Crippen molar-refractivity contribution in [2.45, 2.75) is 6.92 Å². The van der Waals surface area contributed by atoms with Gasteiger partial charge in [-0.1, -0.05) is 30.3 Å². The molecule has 0 aliphatic carbocycles. The van der Waals surface area contributed by atoms with Crippen molar-refractivity contribution in [3.8, 4) is 5.69 Å². The Morgan fingerprint density at radius 2 is 1.65 bits per heavy atom. The molecule has 1 aliphatic rings. The van der Waals surface area contributed by atoms with Crippen LogP contribution in [0.3, 0.4) is 0 Å². The van der Waals surface area contributed by atoms with E-state index in [9.17, 15) is 14.4 Å². The number of hydrogen-bond donors (Lipinski definition) is 0. The molecule has 0 saturated carbocycles. The number of thiophene rings is 1. The fraction of sp³-hybridized carbons (Fsp3) is 0.130. The lowest BCUT2D eigenvalue weighted by Gasteiger charge is -2.13. The van der Waals surface area contributed by atoms with Crippen molar-refractivity contribution >= 4 is 39.3 Å². The number of carbonyl (C=O) groups excluding carboxylic acids is 3. The summed E-state index contributed by atoms with van der Waals surface area (Å²) in [6.07, 6.45) is 0. The number of ether oxygens (including phenoxy) is 1. The van der Waals surface area contributed by atoms with Gasteiger partial charge in [-0.3, -0.25) is 14.5 Å². The highest BCUT2D eigenvalue weighted by Crippen LogP contribution is 2.31. The lowest BCUT2D eigenvalue weighted by Crippen LogP contribution is -2.33. The number of imide groups is 1. The van der Waals surface area contributed by atoms with Gasteiger partial charge in [0.05, 0.1) is 29.1 Å². The molecule has 154 valence electrons. The Hall–Kier alpha value is -3.78. The summed E-state index contributed by atoms with van der Waals surface area (Å²) in [7, 11) is 0. The minimum atomic E-state index is -0.489. The summed E-state index contributed by atoms with van der Waals surface area (Å²) in [4.78, 5) is 39.8. The van der Waals surface area contributed by atoms with Crippen LogP contribution in [-0.2, 0) is 4.74 Å². The molecule has 0 unspecified atom stereocenters. The zero-order valence-corrected chi connectivity index (χ0v) is 17.4. The van der Waals surface area contributed by atoms with E-state index in [1.165, 1.54) is 11.3 Å². The van der Waals surface area contributed by atoms with Gasteiger partial charge in [-0.2, -0.15) is 5.10 Å². The lowest BCUT2D eigenvalue weighted by atomic mass is 10.1. The van der Waals surface area contributed by atoms with Crippen LogP contribution in [0.4, 0.5) is 0 Å². The molecule has 3 heterocycles. The van der Waals surface area contributed by atoms with Crippen LogP contribution >= 0.6 is 11.3 Å². The molecular formula is C23H17N3O4S. The highest BCUT2D eigenvalue weighted by atomic mass is 32.1. The number of nitrogens with zero attached hydrogens (tertiary/aromatic N) is 3. The van der Waals surface area contributed by atoms with Crippen LogP contribution < -0.4 is 0 Å². The molecule has 0 fully saturated rings. The SMILES string of the molecule is Cc1nn(-c2ccccc2)c2sc(C(=O)OCCN3C(=O)c4ccccc4C3=O)cc12. The van der Waals surface area contributed by atoms with Crippen LogP contribution in [0.15, 0.2) is 60.7 Å². The van der Waals surface area contributed by atoms with E-state index in [0.717, 1.165) is 26.5 Å². The molecule has 0 atom stereocenters. The van der Waals surface area contributed by atoms with Gasteiger partial charge in [0.1, 0.15) is 16.3 Å². The number of hydrogen-bond acceptors (Lipinski definition) is 6. The van der Waals surface area contributed by atoms with E-state index in [1.807, 2.05) is 41.9 Å². The summed E-state index contributed by atoms with van der Waals surface area (Å²) in [5.74, 6) is -1.22. The largest absolute Gasteiger partial charge is 0.460 e. The molecule has 2 aromatic carbocycles. The third-order valence-corrected chi connectivity index (χ3v) is 6.26. The number of benzene rings is 2. The number of carbonyl (C=O) groups is 3. The van der Waals surface area contributed by atoms with E-state index >= 15 is 0 Å². The van der Waals surface area contributed by atoms with Gasteiger partial charge in [-0.25, -0.2) is 9.48 Å². The second-order valence-corrected chi connectivity index (χ2v) is 8.14. The molecular weight excluding hydrogens is 414 g/mol. The molecule has 4 aromatic rings. The maximum atomic E-state index is 12.6. The smallest absolute Gasteiger partial charge is 0.348 e. The van der Waals surface area contributed by atoms with Crippen molar-refractivity contribution < 1.29 is 19.1 Å². The normalized spacial score (nSPS) is 13.1. The van der Waals surface area contributed by atoms with Gasteiger partial charge in [0, 0.05) is 5.39 Å². The van der Waals surface area contributed by atoms with Crippen molar-refractivity contribution in [2.24, 2.45) is 0 Å². The first kappa shape index (κ1) is 19.2. The monoisotopic (exact) mass is 431 g/mol. The van der Waals surface area contributed by atoms with Gasteiger partial charge in [0.2, 0.25) is 0 Å². The predicted octanol–water partition coefficient (Wildman–Crippen LogP) is 3.85. The minimum Gasteiger partial charge on any atom is -0.460 e. The van der Waals surface area contributed by atoms with E-state index < -0.39 is 5.97 Å². The third kappa shape index (κ3) is 3.21. The second-order valence-electron chi connectivity index (χ2n) is 7.11. The fourth-order valence-electron chi connectivity index (χ4n) is 3.63. The standard InChI is InChI=1S/C23H17N3O4S/c1-14-18-13-19(31-22(18)26(24-14)15-7-3-2-4-8-15)23(29)30-12-11-25-20(27)16-9-5-6-10-17(16)21(25)28/h2-10,13H,11-12H2,1H3. The number of esters is 1. The van der Waals surface area contributed by atoms with E-state index in [2.05, 4.69) is 5.10 Å². The molecule has 2 aromatic heterocycles. The summed E-state index contributed by atoms with van der Waals surface area (Å²) >= 11 is 1.30. The molecule has 1 aliphatic heterocycles. The van der Waals surface area contributed by atoms with Crippen molar-refractivity contribution in [3.63, 3.8) is 0 Å². The molecule has 0 N–H and O–H groups in total. The van der Waals surface area contributed by atoms with Gasteiger partial charge in [0.25, 0.3) is 11.8 Å². The highest BCUT2D eigenvalue weighted by Gasteiger charge is 2.34. The van der Waals surface area contributed by atoms with E-state index in [-0.39, 0.29) is 25.0 Å². The van der Waals surface area contributed by atoms with E-state index in [4.69, 9.17) is 4.74 Å². The number of fused-ring (bicyclic) bond motifs is 2. The van der Waals surface area contributed by atoms with Gasteiger partial charge in [-0.15, -0.1) is 11.3 Å². The first-order valence-corrected chi connectivity index (χ1v) is 10.5. The summed E-state index contributed by atoms with van der Waals surface area (Å²) in [6, 6.07) is 18.1. The Labute approximate surface area is 181 Å². The van der Waals surface area contributed by atoms with E-state index in [1.54, 1.807) is 30.3 Å². The Bertz CT molecular complexity index is 1300. The van der Waals surface area contributed by atoms with Crippen LogP contribution in [0, 0.1) is 6.92 Å². The van der Waals surface area contributed by atoms with Crippen molar-refractivity contribution in [1.29, 1.82) is 0 Å². The maximum Gasteiger partial charge on any atom is 0.348 e. The molecule has 0 spiro atoms. The Balaban J connectivity index is 1.30. The lowest BCUT2D eigenvalue weighted by molar-refractivity contribution is 0.0424. The first-order chi connectivity index (χ1) is 15.0. The van der Waals surface area contributed by atoms with Crippen molar-refractivity contribution in [2.75, 3.05) is 13.2 Å². The first-order valence-electron chi connectivity index (χ1n) is 9.71. The van der Waals surface area contributed by atoms with Crippen LogP contribution in [0.1, 0.15) is 36.1 Å². The molecule has 8 heteroatoms. The summed E-state index contributed by atoms with van der Waals surface area (Å²) in [5.41, 5.74) is 2.49. The molecule has 5 rings (SSSR count). The van der Waals surface area contributed by atoms with Crippen LogP contribution in [0.2, 0.25) is 0 Å². The van der Waals surface area contributed by atoms with Crippen molar-refractivity contribution in [1.82, 2.24) is 14.7 Å². The van der Waals surface area contributed by atoms with Gasteiger partial charge >= 0.3 is 5.97 Å². The third-order valence-electron chi connectivity index (χ3n) is 5.17. The fourth-order valence-corrected chi connectivity index (χ4v) is 4.71. The summed E-state index contributed by atoms with van der Waals surface area (Å²) in [6.45, 7) is 1.84. The molecule has 2 amide bonds. The number of para-hydroxylation sites is 1. The zero-order chi connectivity index (χ0) is 21.5. The van der Waals surface area contributed by atoms with Gasteiger partial charge < -0.3 is 4.74 Å². The minimum absolute atomic E-state index is 0.0137. The number of rotatable bonds is 5. The second kappa shape index (κ2) is 7.48. The predicted molar refractivity (Wildman–Crippen MR) is 116 cm³/mol. The summed E-state index contributed by atoms with van der Waals surface area (Å²) < 4.78 is 7.18. The average Bonchev–Trinajstić information content (AvgIpc) is 3.43. The van der Waals surface area contributed by atoms with Gasteiger partial charge in [-0.05, 0) is 37.3 Å². The van der Waals surface area contributed by atoms with Gasteiger partial charge in [0.15, 0.2) is 0 Å². The number of amides is 2. The molecule has 0 bridgehead atoms. The molecule has 31 heavy (non-hydrogen) atoms. The molecule has 7 nitrogen and oxygen atoms in total. The highest BCUT2D eigenvalue weighted by molar-refractivity contribution is 7.20. The topological polar surface area (TPSA) is 81.5 Å². The Morgan fingerprint density at radius 3 is 2.32 bits per heavy atom. The van der Waals surface area contributed by atoms with Crippen molar-refractivity contribution in [3.05, 3.63) is 82.4 Å².